The fourth-order valence-corrected chi connectivity index (χ4v) is 1.27. The molecule has 0 radical (unpaired) electrons. The zero-order chi connectivity index (χ0) is 8.01. The molecule has 0 spiro atoms. The maximum absolute atomic E-state index is 11.0. The Hall–Kier alpha value is -1.10. The molecule has 1 saturated carbocycles. The molecular formula is C6H9N3O2. The number of amides is 3. The smallest absolute Gasteiger partial charge is 0.324 e. The Kier molecular flexibility index (Phi) is 1.17. The molecule has 1 aliphatic heterocycles. The van der Waals surface area contributed by atoms with Gasteiger partial charge < -0.3 is 11.1 Å². The molecule has 5 heteroatoms. The highest BCUT2D eigenvalue weighted by Gasteiger charge is 2.46. The summed E-state index contributed by atoms with van der Waals surface area (Å²) < 4.78 is 0. The minimum atomic E-state index is -0.298. The monoisotopic (exact) mass is 155 g/mol. The fourth-order valence-electron chi connectivity index (χ4n) is 1.27. The molecule has 2 unspecified atom stereocenters. The van der Waals surface area contributed by atoms with Gasteiger partial charge in [-0.1, -0.05) is 0 Å². The van der Waals surface area contributed by atoms with Gasteiger partial charge in [-0.3, -0.25) is 9.69 Å². The van der Waals surface area contributed by atoms with Crippen molar-refractivity contribution < 1.29 is 9.59 Å². The lowest BCUT2D eigenvalue weighted by Gasteiger charge is -2.09. The number of carbonyl (C=O) groups is 2. The van der Waals surface area contributed by atoms with Gasteiger partial charge in [-0.25, -0.2) is 4.79 Å². The molecular weight excluding hydrogens is 146 g/mol. The summed E-state index contributed by atoms with van der Waals surface area (Å²) in [6.45, 7) is 0.127. The summed E-state index contributed by atoms with van der Waals surface area (Å²) in [4.78, 5) is 23.2. The summed E-state index contributed by atoms with van der Waals surface area (Å²) in [5.74, 6) is -0.159. The molecule has 11 heavy (non-hydrogen) atoms. The van der Waals surface area contributed by atoms with Crippen LogP contribution in [0.3, 0.4) is 0 Å². The summed E-state index contributed by atoms with van der Waals surface area (Å²) >= 11 is 0. The van der Waals surface area contributed by atoms with Gasteiger partial charge >= 0.3 is 6.03 Å². The van der Waals surface area contributed by atoms with Crippen molar-refractivity contribution in [1.29, 1.82) is 0 Å². The van der Waals surface area contributed by atoms with Crippen molar-refractivity contribution in [3.05, 3.63) is 0 Å². The third-order valence-corrected chi connectivity index (χ3v) is 2.01. The molecule has 0 aromatic carbocycles. The fraction of sp³-hybridized carbons (Fsp3) is 0.667. The van der Waals surface area contributed by atoms with Crippen LogP contribution in [0.25, 0.3) is 0 Å². The van der Waals surface area contributed by atoms with Crippen LogP contribution >= 0.6 is 0 Å². The van der Waals surface area contributed by atoms with E-state index in [1.807, 2.05) is 0 Å². The van der Waals surface area contributed by atoms with Gasteiger partial charge in [0.15, 0.2) is 0 Å². The summed E-state index contributed by atoms with van der Waals surface area (Å²) in [7, 11) is 0. The largest absolute Gasteiger partial charge is 0.329 e. The molecule has 5 nitrogen and oxygen atoms in total. The van der Waals surface area contributed by atoms with Crippen molar-refractivity contribution in [3.8, 4) is 0 Å². The second-order valence-corrected chi connectivity index (χ2v) is 2.89. The molecule has 0 bridgehead atoms. The van der Waals surface area contributed by atoms with E-state index in [0.717, 1.165) is 6.42 Å². The summed E-state index contributed by atoms with van der Waals surface area (Å²) in [6.07, 6.45) is 0.749. The predicted octanol–water partition coefficient (Wildman–Crippen LogP) is -1.36. The van der Waals surface area contributed by atoms with Crippen LogP contribution in [0.2, 0.25) is 0 Å². The average Bonchev–Trinajstić information content (AvgIpc) is 2.54. The Morgan fingerprint density at radius 3 is 2.55 bits per heavy atom. The van der Waals surface area contributed by atoms with Crippen molar-refractivity contribution in [2.45, 2.75) is 18.5 Å². The first-order valence-electron chi connectivity index (χ1n) is 3.55. The minimum absolute atomic E-state index is 0.00259. The van der Waals surface area contributed by atoms with Crippen molar-refractivity contribution in [3.63, 3.8) is 0 Å². The van der Waals surface area contributed by atoms with E-state index in [1.165, 1.54) is 4.90 Å². The van der Waals surface area contributed by atoms with Crippen LogP contribution in [0.5, 0.6) is 0 Å². The van der Waals surface area contributed by atoms with E-state index in [1.54, 1.807) is 0 Å². The topological polar surface area (TPSA) is 75.4 Å². The molecule has 3 amide bonds. The van der Waals surface area contributed by atoms with Gasteiger partial charge in [-0.15, -0.1) is 0 Å². The van der Waals surface area contributed by atoms with Gasteiger partial charge in [-0.2, -0.15) is 0 Å². The summed E-state index contributed by atoms with van der Waals surface area (Å²) in [5, 5.41) is 2.44. The second-order valence-electron chi connectivity index (χ2n) is 2.89. The molecule has 0 aromatic rings. The van der Waals surface area contributed by atoms with Crippen LogP contribution in [0.4, 0.5) is 4.79 Å². The Labute approximate surface area is 63.5 Å². The Morgan fingerprint density at radius 2 is 2.18 bits per heavy atom. The van der Waals surface area contributed by atoms with Crippen molar-refractivity contribution >= 4 is 11.9 Å². The number of hydrogen-bond donors (Lipinski definition) is 2. The summed E-state index contributed by atoms with van der Waals surface area (Å²) in [5.41, 5.74) is 5.50. The number of urea groups is 1. The van der Waals surface area contributed by atoms with E-state index in [0.29, 0.717) is 0 Å². The van der Waals surface area contributed by atoms with Gasteiger partial charge in [0.25, 0.3) is 0 Å². The van der Waals surface area contributed by atoms with E-state index in [2.05, 4.69) is 5.32 Å². The van der Waals surface area contributed by atoms with E-state index in [-0.39, 0.29) is 30.6 Å². The number of hydrogen-bond acceptors (Lipinski definition) is 3. The molecule has 1 heterocycles. The highest BCUT2D eigenvalue weighted by molar-refractivity contribution is 6.02. The zero-order valence-corrected chi connectivity index (χ0v) is 5.91. The molecule has 2 fully saturated rings. The van der Waals surface area contributed by atoms with Crippen LogP contribution in [-0.4, -0.2) is 35.5 Å². The van der Waals surface area contributed by atoms with Crippen molar-refractivity contribution in [1.82, 2.24) is 10.2 Å². The molecule has 1 saturated heterocycles. The molecule has 2 aliphatic rings. The van der Waals surface area contributed by atoms with Crippen LogP contribution < -0.4 is 11.1 Å². The van der Waals surface area contributed by atoms with Gasteiger partial charge in [0.1, 0.15) is 0 Å². The number of imide groups is 1. The van der Waals surface area contributed by atoms with Crippen LogP contribution in [-0.2, 0) is 4.79 Å². The van der Waals surface area contributed by atoms with Gasteiger partial charge in [-0.05, 0) is 6.42 Å². The maximum atomic E-state index is 11.0. The maximum Gasteiger partial charge on any atom is 0.324 e. The summed E-state index contributed by atoms with van der Waals surface area (Å²) in [6, 6.07) is -0.333. The quantitative estimate of drug-likeness (QED) is 0.459. The van der Waals surface area contributed by atoms with Crippen LogP contribution in [0.1, 0.15) is 6.42 Å². The highest BCUT2D eigenvalue weighted by atomic mass is 16.2. The van der Waals surface area contributed by atoms with Crippen molar-refractivity contribution in [2.75, 3.05) is 6.54 Å². The van der Waals surface area contributed by atoms with E-state index in [9.17, 15) is 9.59 Å². The Bertz CT molecular complexity index is 212. The zero-order valence-electron chi connectivity index (χ0n) is 5.91. The third kappa shape index (κ3) is 0.883. The van der Waals surface area contributed by atoms with Crippen LogP contribution in [0, 0.1) is 0 Å². The lowest BCUT2D eigenvalue weighted by atomic mass is 10.5. The Morgan fingerprint density at radius 1 is 1.55 bits per heavy atom. The lowest BCUT2D eigenvalue weighted by Crippen LogP contribution is -2.36. The molecule has 0 aromatic heterocycles. The molecule has 2 atom stereocenters. The molecule has 60 valence electrons. The number of carbonyl (C=O) groups excluding carboxylic acids is 2. The number of nitrogens with zero attached hydrogens (tertiary/aromatic N) is 1. The first kappa shape index (κ1) is 6.60. The van der Waals surface area contributed by atoms with Gasteiger partial charge in [0, 0.05) is 6.04 Å². The van der Waals surface area contributed by atoms with Gasteiger partial charge in [0.2, 0.25) is 5.91 Å². The number of nitrogens with two attached hydrogens (primary N) is 1. The number of nitrogens with one attached hydrogen (secondary N) is 1. The van der Waals surface area contributed by atoms with Crippen LogP contribution in [0.15, 0.2) is 0 Å². The average molecular weight is 155 g/mol. The highest BCUT2D eigenvalue weighted by Crippen LogP contribution is 2.27. The number of rotatable bonds is 1. The van der Waals surface area contributed by atoms with Gasteiger partial charge in [0.05, 0.1) is 12.6 Å². The van der Waals surface area contributed by atoms with Crippen molar-refractivity contribution in [2.24, 2.45) is 5.73 Å². The first-order valence-corrected chi connectivity index (χ1v) is 3.55. The minimum Gasteiger partial charge on any atom is -0.329 e. The Balaban J connectivity index is 2.11. The third-order valence-electron chi connectivity index (χ3n) is 2.01. The molecule has 3 N–H and O–H groups in total. The molecule has 1 aliphatic carbocycles. The van der Waals surface area contributed by atoms with E-state index < -0.39 is 0 Å². The first-order chi connectivity index (χ1) is 5.20. The molecule has 2 rings (SSSR count). The normalized spacial score (nSPS) is 35.9. The predicted molar refractivity (Wildman–Crippen MR) is 36.6 cm³/mol. The van der Waals surface area contributed by atoms with E-state index >= 15 is 0 Å². The SMILES string of the molecule is NC1CC1N1C(=O)CNC1=O. The second kappa shape index (κ2) is 1.94. The van der Waals surface area contributed by atoms with E-state index in [4.69, 9.17) is 5.73 Å². The standard InChI is InChI=1S/C6H9N3O2/c7-3-1-4(3)9-5(10)2-8-6(9)11/h3-4H,1-2,7H2,(H,8,11). The lowest BCUT2D eigenvalue weighted by molar-refractivity contribution is -0.125.